The number of fused-ring (bicyclic) bond motifs is 1. The van der Waals surface area contributed by atoms with E-state index in [0.717, 1.165) is 44.5 Å². The fourth-order valence-corrected chi connectivity index (χ4v) is 4.47. The number of nitrogens with one attached hydrogen (secondary N) is 2. The Labute approximate surface area is 200 Å². The van der Waals surface area contributed by atoms with Crippen LogP contribution >= 0.6 is 0 Å². The number of benzene rings is 4. The van der Waals surface area contributed by atoms with Crippen LogP contribution in [0.4, 0.5) is 5.69 Å². The summed E-state index contributed by atoms with van der Waals surface area (Å²) in [5, 5.41) is 4.62. The smallest absolute Gasteiger partial charge is 0.189 e. The van der Waals surface area contributed by atoms with Crippen molar-refractivity contribution in [1.29, 1.82) is 0 Å². The summed E-state index contributed by atoms with van der Waals surface area (Å²) in [7, 11) is 0. The normalized spacial score (nSPS) is 12.0. The lowest BCUT2D eigenvalue weighted by atomic mass is 9.92. The van der Waals surface area contributed by atoms with Crippen LogP contribution in [0.3, 0.4) is 0 Å². The summed E-state index contributed by atoms with van der Waals surface area (Å²) in [5.41, 5.74) is 9.09. The van der Waals surface area contributed by atoms with E-state index in [9.17, 15) is 4.79 Å². The van der Waals surface area contributed by atoms with Gasteiger partial charge in [-0.2, -0.15) is 0 Å². The highest BCUT2D eigenvalue weighted by molar-refractivity contribution is 6.06. The first-order chi connectivity index (χ1) is 16.5. The summed E-state index contributed by atoms with van der Waals surface area (Å²) in [6, 6.07) is 32.1. The van der Waals surface area contributed by atoms with E-state index in [4.69, 9.17) is 0 Å². The number of aromatic amines is 1. The number of aromatic nitrogens is 1. The van der Waals surface area contributed by atoms with E-state index in [2.05, 4.69) is 72.7 Å². The molecule has 1 unspecified atom stereocenters. The Bertz CT molecular complexity index is 1460. The van der Waals surface area contributed by atoms with Crippen molar-refractivity contribution < 1.29 is 4.79 Å². The number of carbonyl (C=O) groups is 1. The number of aryl methyl sites for hydroxylation is 3. The third-order valence-corrected chi connectivity index (χ3v) is 6.30. The number of anilines is 1. The van der Waals surface area contributed by atoms with Crippen LogP contribution in [0, 0.1) is 20.8 Å². The number of para-hydroxylation sites is 1. The van der Waals surface area contributed by atoms with Gasteiger partial charge in [0.1, 0.15) is 6.04 Å². The largest absolute Gasteiger partial charge is 0.371 e. The zero-order chi connectivity index (χ0) is 23.7. The molecule has 1 heterocycles. The van der Waals surface area contributed by atoms with Crippen molar-refractivity contribution in [2.24, 2.45) is 0 Å². The average Bonchev–Trinajstić information content (AvgIpc) is 3.22. The highest BCUT2D eigenvalue weighted by atomic mass is 16.1. The summed E-state index contributed by atoms with van der Waals surface area (Å²) in [6.07, 6.45) is 0. The molecule has 0 spiro atoms. The van der Waals surface area contributed by atoms with Gasteiger partial charge in [-0.15, -0.1) is 0 Å². The molecule has 0 aliphatic rings. The number of H-pyrrole nitrogens is 1. The molecule has 3 nitrogen and oxygen atoms in total. The predicted molar refractivity (Wildman–Crippen MR) is 142 cm³/mol. The van der Waals surface area contributed by atoms with E-state index in [1.54, 1.807) is 0 Å². The summed E-state index contributed by atoms with van der Waals surface area (Å²) >= 11 is 0. The van der Waals surface area contributed by atoms with Gasteiger partial charge in [-0.1, -0.05) is 90.0 Å². The van der Waals surface area contributed by atoms with Crippen LogP contribution in [-0.2, 0) is 0 Å². The lowest BCUT2D eigenvalue weighted by molar-refractivity contribution is 0.0970. The van der Waals surface area contributed by atoms with E-state index < -0.39 is 6.04 Å². The third-order valence-electron chi connectivity index (χ3n) is 6.30. The minimum absolute atomic E-state index is 0.0413. The molecule has 1 atom stereocenters. The fraction of sp³-hybridized carbons (Fsp3) is 0.129. The number of ketones is 1. The van der Waals surface area contributed by atoms with Crippen molar-refractivity contribution >= 4 is 22.4 Å². The SMILES string of the molecule is Cc1ccc(C(=O)C(Nc2cccc(C)c2)c2c(-c3ccc(C)cc3)[nH]c3ccccc23)cc1. The highest BCUT2D eigenvalue weighted by Crippen LogP contribution is 2.38. The van der Waals surface area contributed by atoms with Gasteiger partial charge in [0.05, 0.1) is 5.69 Å². The predicted octanol–water partition coefficient (Wildman–Crippen LogP) is 7.80. The minimum Gasteiger partial charge on any atom is -0.371 e. The standard InChI is InChI=1S/C31H28N2O/c1-20-11-15-23(16-12-20)29-28(26-9-4-5-10-27(26)33-29)30(32-25-8-6-7-22(3)19-25)31(34)24-17-13-21(2)14-18-24/h4-19,30,32-33H,1-3H3. The quantitative estimate of drug-likeness (QED) is 0.262. The van der Waals surface area contributed by atoms with Gasteiger partial charge in [-0.3, -0.25) is 4.79 Å². The molecule has 3 heteroatoms. The second-order valence-corrected chi connectivity index (χ2v) is 9.00. The number of rotatable bonds is 6. The van der Waals surface area contributed by atoms with E-state index in [1.165, 1.54) is 5.56 Å². The Morgan fingerprint density at radius 1 is 0.735 bits per heavy atom. The van der Waals surface area contributed by atoms with Gasteiger partial charge >= 0.3 is 0 Å². The first kappa shape index (κ1) is 21.7. The van der Waals surface area contributed by atoms with E-state index in [0.29, 0.717) is 5.56 Å². The van der Waals surface area contributed by atoms with Crippen molar-refractivity contribution in [3.05, 3.63) is 125 Å². The van der Waals surface area contributed by atoms with Crippen LogP contribution in [0.1, 0.15) is 38.7 Å². The second-order valence-electron chi connectivity index (χ2n) is 9.00. The minimum atomic E-state index is -0.558. The maximum absolute atomic E-state index is 14.0. The number of hydrogen-bond donors (Lipinski definition) is 2. The molecule has 2 N–H and O–H groups in total. The maximum atomic E-state index is 14.0. The van der Waals surface area contributed by atoms with Gasteiger partial charge in [-0.05, 0) is 50.1 Å². The Kier molecular flexibility index (Phi) is 5.77. The molecule has 0 saturated heterocycles. The van der Waals surface area contributed by atoms with Crippen molar-refractivity contribution in [2.45, 2.75) is 26.8 Å². The zero-order valence-corrected chi connectivity index (χ0v) is 19.7. The Morgan fingerprint density at radius 3 is 2.12 bits per heavy atom. The molecule has 0 saturated carbocycles. The van der Waals surface area contributed by atoms with Gasteiger partial charge in [0.2, 0.25) is 0 Å². The second kappa shape index (κ2) is 9.03. The number of carbonyl (C=O) groups excluding carboxylic acids is 1. The zero-order valence-electron chi connectivity index (χ0n) is 19.7. The average molecular weight is 445 g/mol. The van der Waals surface area contributed by atoms with Gasteiger partial charge < -0.3 is 10.3 Å². The molecule has 1 aromatic heterocycles. The van der Waals surface area contributed by atoms with Crippen LogP contribution in [0.2, 0.25) is 0 Å². The molecule has 4 aromatic carbocycles. The van der Waals surface area contributed by atoms with E-state index >= 15 is 0 Å². The Morgan fingerprint density at radius 2 is 1.41 bits per heavy atom. The number of Topliss-reactive ketones (excluding diaryl/α,β-unsaturated/α-hetero) is 1. The Balaban J connectivity index is 1.72. The molecular weight excluding hydrogens is 416 g/mol. The summed E-state index contributed by atoms with van der Waals surface area (Å²) in [6.45, 7) is 6.18. The van der Waals surface area contributed by atoms with Crippen molar-refractivity contribution in [1.82, 2.24) is 4.98 Å². The summed E-state index contributed by atoms with van der Waals surface area (Å²) in [5.74, 6) is 0.0413. The first-order valence-electron chi connectivity index (χ1n) is 11.6. The molecule has 0 aliphatic carbocycles. The van der Waals surface area contributed by atoms with Crippen molar-refractivity contribution in [3.8, 4) is 11.3 Å². The lowest BCUT2D eigenvalue weighted by Crippen LogP contribution is -2.22. The van der Waals surface area contributed by atoms with Gasteiger partial charge in [0.15, 0.2) is 5.78 Å². The van der Waals surface area contributed by atoms with E-state index in [-0.39, 0.29) is 5.78 Å². The molecule has 34 heavy (non-hydrogen) atoms. The number of hydrogen-bond acceptors (Lipinski definition) is 2. The Hall–Kier alpha value is -4.11. The molecule has 0 aliphatic heterocycles. The highest BCUT2D eigenvalue weighted by Gasteiger charge is 2.28. The molecule has 5 rings (SSSR count). The maximum Gasteiger partial charge on any atom is 0.189 e. The van der Waals surface area contributed by atoms with Crippen LogP contribution in [0.15, 0.2) is 97.1 Å². The third kappa shape index (κ3) is 4.25. The van der Waals surface area contributed by atoms with Crippen LogP contribution in [0.5, 0.6) is 0 Å². The molecule has 0 bridgehead atoms. The van der Waals surface area contributed by atoms with Gasteiger partial charge in [0.25, 0.3) is 0 Å². The molecule has 0 amide bonds. The lowest BCUT2D eigenvalue weighted by Gasteiger charge is -2.21. The first-order valence-corrected chi connectivity index (χ1v) is 11.6. The molecular formula is C31H28N2O. The van der Waals surface area contributed by atoms with Gasteiger partial charge in [0, 0.05) is 27.7 Å². The molecule has 168 valence electrons. The molecule has 0 radical (unpaired) electrons. The van der Waals surface area contributed by atoms with Crippen LogP contribution in [0.25, 0.3) is 22.2 Å². The fourth-order valence-electron chi connectivity index (χ4n) is 4.47. The topological polar surface area (TPSA) is 44.9 Å². The molecule has 0 fully saturated rings. The van der Waals surface area contributed by atoms with Crippen molar-refractivity contribution in [3.63, 3.8) is 0 Å². The summed E-state index contributed by atoms with van der Waals surface area (Å²) < 4.78 is 0. The van der Waals surface area contributed by atoms with Crippen molar-refractivity contribution in [2.75, 3.05) is 5.32 Å². The van der Waals surface area contributed by atoms with E-state index in [1.807, 2.05) is 55.5 Å². The van der Waals surface area contributed by atoms with Gasteiger partial charge in [-0.25, -0.2) is 0 Å². The summed E-state index contributed by atoms with van der Waals surface area (Å²) in [4.78, 5) is 17.6. The monoisotopic (exact) mass is 444 g/mol. The van der Waals surface area contributed by atoms with Crippen LogP contribution in [-0.4, -0.2) is 10.8 Å². The van der Waals surface area contributed by atoms with Crippen LogP contribution < -0.4 is 5.32 Å². The molecule has 5 aromatic rings.